The predicted molar refractivity (Wildman–Crippen MR) is 70.1 cm³/mol. The molecule has 0 atom stereocenters. The number of nitrogens with zero attached hydrogens (tertiary/aromatic N) is 2. The van der Waals surface area contributed by atoms with Gasteiger partial charge in [-0.05, 0) is 24.6 Å². The number of hydrogen-bond acceptors (Lipinski definition) is 5. The fourth-order valence-corrected chi connectivity index (χ4v) is 1.81. The summed E-state index contributed by atoms with van der Waals surface area (Å²) in [6, 6.07) is 2.93. The SMILES string of the molecule is Cn1cc(CCNCc2ccc(O)c(O)c2O)cn1. The number of aryl methyl sites for hydroxylation is 1. The fraction of sp³-hybridized carbons (Fsp3) is 0.308. The van der Waals surface area contributed by atoms with Gasteiger partial charge in [0.25, 0.3) is 0 Å². The van der Waals surface area contributed by atoms with Crippen LogP contribution in [0, 0.1) is 0 Å². The maximum atomic E-state index is 9.63. The van der Waals surface area contributed by atoms with E-state index in [0.717, 1.165) is 18.5 Å². The van der Waals surface area contributed by atoms with Gasteiger partial charge in [-0.3, -0.25) is 4.68 Å². The molecule has 2 rings (SSSR count). The minimum atomic E-state index is -0.480. The first-order valence-corrected chi connectivity index (χ1v) is 5.99. The maximum absolute atomic E-state index is 9.63. The van der Waals surface area contributed by atoms with Gasteiger partial charge in [0.1, 0.15) is 0 Å². The van der Waals surface area contributed by atoms with Crippen LogP contribution in [-0.4, -0.2) is 31.6 Å². The van der Waals surface area contributed by atoms with Crippen molar-refractivity contribution in [3.8, 4) is 17.2 Å². The van der Waals surface area contributed by atoms with Gasteiger partial charge in [-0.1, -0.05) is 6.07 Å². The quantitative estimate of drug-likeness (QED) is 0.474. The van der Waals surface area contributed by atoms with Crippen LogP contribution in [0.1, 0.15) is 11.1 Å². The second kappa shape index (κ2) is 5.62. The first-order valence-electron chi connectivity index (χ1n) is 5.99. The summed E-state index contributed by atoms with van der Waals surface area (Å²) in [7, 11) is 1.87. The number of hydrogen-bond donors (Lipinski definition) is 4. The van der Waals surface area contributed by atoms with Crippen molar-refractivity contribution in [3.63, 3.8) is 0 Å². The summed E-state index contributed by atoms with van der Waals surface area (Å²) in [5.74, 6) is -1.09. The van der Waals surface area contributed by atoms with Crippen molar-refractivity contribution >= 4 is 0 Å². The van der Waals surface area contributed by atoms with Crippen molar-refractivity contribution in [1.29, 1.82) is 0 Å². The number of phenols is 3. The third-order valence-corrected chi connectivity index (χ3v) is 2.88. The lowest BCUT2D eigenvalue weighted by Gasteiger charge is -2.08. The van der Waals surface area contributed by atoms with E-state index in [9.17, 15) is 15.3 Å². The number of rotatable bonds is 5. The molecule has 0 aliphatic heterocycles. The van der Waals surface area contributed by atoms with Gasteiger partial charge < -0.3 is 20.6 Å². The van der Waals surface area contributed by atoms with E-state index in [1.54, 1.807) is 10.7 Å². The van der Waals surface area contributed by atoms with Gasteiger partial charge in [0.2, 0.25) is 5.75 Å². The smallest absolute Gasteiger partial charge is 0.200 e. The summed E-state index contributed by atoms with van der Waals surface area (Å²) in [4.78, 5) is 0. The first-order chi connectivity index (χ1) is 9.08. The van der Waals surface area contributed by atoms with Crippen LogP contribution in [0.5, 0.6) is 17.2 Å². The van der Waals surface area contributed by atoms with E-state index >= 15 is 0 Å². The van der Waals surface area contributed by atoms with Gasteiger partial charge in [0, 0.05) is 25.4 Å². The number of nitrogens with one attached hydrogen (secondary N) is 1. The Morgan fingerprint density at radius 2 is 2.00 bits per heavy atom. The van der Waals surface area contributed by atoms with Crippen LogP contribution in [-0.2, 0) is 20.0 Å². The van der Waals surface area contributed by atoms with Gasteiger partial charge in [-0.2, -0.15) is 5.10 Å². The summed E-state index contributed by atoms with van der Waals surface area (Å²) in [6.07, 6.45) is 4.59. The molecule has 0 spiro atoms. The maximum Gasteiger partial charge on any atom is 0.200 e. The molecule has 1 heterocycles. The third-order valence-electron chi connectivity index (χ3n) is 2.88. The zero-order chi connectivity index (χ0) is 13.8. The van der Waals surface area contributed by atoms with E-state index in [0.29, 0.717) is 12.1 Å². The summed E-state index contributed by atoms with van der Waals surface area (Å²) >= 11 is 0. The molecule has 0 aliphatic carbocycles. The lowest BCUT2D eigenvalue weighted by Crippen LogP contribution is -2.16. The largest absolute Gasteiger partial charge is 0.504 e. The van der Waals surface area contributed by atoms with Crippen molar-refractivity contribution in [2.45, 2.75) is 13.0 Å². The highest BCUT2D eigenvalue weighted by molar-refractivity contribution is 5.52. The second-order valence-corrected chi connectivity index (χ2v) is 4.39. The lowest BCUT2D eigenvalue weighted by atomic mass is 10.1. The highest BCUT2D eigenvalue weighted by Crippen LogP contribution is 2.36. The molecule has 4 N–H and O–H groups in total. The van der Waals surface area contributed by atoms with Crippen LogP contribution in [0.15, 0.2) is 24.5 Å². The van der Waals surface area contributed by atoms with Crippen molar-refractivity contribution in [3.05, 3.63) is 35.7 Å². The van der Waals surface area contributed by atoms with Crippen molar-refractivity contribution in [1.82, 2.24) is 15.1 Å². The number of aromatic nitrogens is 2. The van der Waals surface area contributed by atoms with E-state index in [1.807, 2.05) is 19.4 Å². The van der Waals surface area contributed by atoms with Crippen LogP contribution in [0.25, 0.3) is 0 Å². The summed E-state index contributed by atoms with van der Waals surface area (Å²) in [5.41, 5.74) is 1.68. The molecule has 0 radical (unpaired) electrons. The molecule has 0 aliphatic rings. The van der Waals surface area contributed by atoms with Crippen LogP contribution in [0.4, 0.5) is 0 Å². The lowest BCUT2D eigenvalue weighted by molar-refractivity contribution is 0.364. The normalized spacial score (nSPS) is 10.8. The summed E-state index contributed by atoms with van der Waals surface area (Å²) < 4.78 is 1.75. The molecule has 0 bridgehead atoms. The van der Waals surface area contributed by atoms with Gasteiger partial charge in [-0.25, -0.2) is 0 Å². The Morgan fingerprint density at radius 3 is 2.68 bits per heavy atom. The molecule has 0 saturated carbocycles. The third kappa shape index (κ3) is 3.17. The second-order valence-electron chi connectivity index (χ2n) is 4.39. The van der Waals surface area contributed by atoms with Gasteiger partial charge in [0.15, 0.2) is 11.5 Å². The van der Waals surface area contributed by atoms with Crippen LogP contribution in [0.2, 0.25) is 0 Å². The van der Waals surface area contributed by atoms with E-state index in [-0.39, 0.29) is 11.5 Å². The van der Waals surface area contributed by atoms with E-state index in [1.165, 1.54) is 6.07 Å². The van der Waals surface area contributed by atoms with E-state index in [4.69, 9.17) is 0 Å². The zero-order valence-corrected chi connectivity index (χ0v) is 10.7. The Kier molecular flexibility index (Phi) is 3.91. The molecule has 102 valence electrons. The summed E-state index contributed by atoms with van der Waals surface area (Å²) in [6.45, 7) is 1.15. The molecular weight excluding hydrogens is 246 g/mol. The molecule has 6 heteroatoms. The van der Waals surface area contributed by atoms with E-state index in [2.05, 4.69) is 10.4 Å². The average Bonchev–Trinajstić information content (AvgIpc) is 2.80. The Hall–Kier alpha value is -2.21. The number of phenolic OH excluding ortho intramolecular Hbond substituents is 3. The monoisotopic (exact) mass is 263 g/mol. The molecule has 0 unspecified atom stereocenters. The van der Waals surface area contributed by atoms with Gasteiger partial charge in [0.05, 0.1) is 6.20 Å². The number of benzene rings is 1. The number of aromatic hydroxyl groups is 3. The Bertz CT molecular complexity index is 566. The molecule has 0 amide bonds. The van der Waals surface area contributed by atoms with Gasteiger partial charge >= 0.3 is 0 Å². The minimum absolute atomic E-state index is 0.283. The molecule has 2 aromatic rings. The molecular formula is C13H17N3O3. The molecule has 0 fully saturated rings. The minimum Gasteiger partial charge on any atom is -0.504 e. The van der Waals surface area contributed by atoms with Crippen molar-refractivity contribution in [2.24, 2.45) is 7.05 Å². The fourth-order valence-electron chi connectivity index (χ4n) is 1.81. The first kappa shape index (κ1) is 13.2. The standard InChI is InChI=1S/C13H17N3O3/c1-16-8-9(6-15-16)4-5-14-7-10-2-3-11(17)13(19)12(10)18/h2-3,6,8,14,17-19H,4-5,7H2,1H3. The zero-order valence-electron chi connectivity index (χ0n) is 10.7. The van der Waals surface area contributed by atoms with E-state index < -0.39 is 5.75 Å². The highest BCUT2D eigenvalue weighted by atomic mass is 16.3. The topological polar surface area (TPSA) is 90.5 Å². The molecule has 1 aromatic heterocycles. The van der Waals surface area contributed by atoms with Crippen LogP contribution in [0.3, 0.4) is 0 Å². The van der Waals surface area contributed by atoms with Gasteiger partial charge in [-0.15, -0.1) is 0 Å². The van der Waals surface area contributed by atoms with Crippen LogP contribution >= 0.6 is 0 Å². The molecule has 0 saturated heterocycles. The Labute approximate surface area is 110 Å². The van der Waals surface area contributed by atoms with Crippen molar-refractivity contribution < 1.29 is 15.3 Å². The molecule has 1 aromatic carbocycles. The average molecular weight is 263 g/mol. The molecule has 6 nitrogen and oxygen atoms in total. The Balaban J connectivity index is 1.84. The molecule has 19 heavy (non-hydrogen) atoms. The van der Waals surface area contributed by atoms with Crippen molar-refractivity contribution in [2.75, 3.05) is 6.54 Å². The van der Waals surface area contributed by atoms with Crippen LogP contribution < -0.4 is 5.32 Å². The Morgan fingerprint density at radius 1 is 1.21 bits per heavy atom. The highest BCUT2D eigenvalue weighted by Gasteiger charge is 2.10. The predicted octanol–water partition coefficient (Wildman–Crippen LogP) is 0.869. The summed E-state index contributed by atoms with van der Waals surface area (Å²) in [5, 5.41) is 35.5.